The van der Waals surface area contributed by atoms with E-state index in [4.69, 9.17) is 15.6 Å². The van der Waals surface area contributed by atoms with Crippen molar-refractivity contribution in [1.29, 1.82) is 0 Å². The number of amides is 1. The number of aliphatic carboxylic acids is 1. The lowest BCUT2D eigenvalue weighted by Crippen LogP contribution is -2.21. The van der Waals surface area contributed by atoms with E-state index in [9.17, 15) is 18.0 Å². The van der Waals surface area contributed by atoms with Gasteiger partial charge in [-0.05, 0) is 45.0 Å². The standard InChI is InChI=1S/C16H17N5OS.C2HF3O2/c1-9-11(3)21(8-18-9)13-6-4-12(5-7-13)20-15(22)14-10(2)19-16(17)23-14;3-2(4,5)1(6)7/h4-8H,1-3H3,(H2,17,19)(H,20,22);(H,6,7). The minimum absolute atomic E-state index is 0.195. The molecule has 0 radical (unpaired) electrons. The molecule has 4 N–H and O–H groups in total. The Morgan fingerprint density at radius 2 is 1.70 bits per heavy atom. The second kappa shape index (κ2) is 8.95. The Bertz CT molecular complexity index is 1060. The first kappa shape index (κ1) is 22.9. The van der Waals surface area contributed by atoms with Gasteiger partial charge in [-0.25, -0.2) is 14.8 Å². The Morgan fingerprint density at radius 1 is 1.13 bits per heavy atom. The Morgan fingerprint density at radius 3 is 2.10 bits per heavy atom. The molecule has 0 unspecified atom stereocenters. The molecule has 2 heterocycles. The Hall–Kier alpha value is -3.41. The van der Waals surface area contributed by atoms with Gasteiger partial charge in [0.2, 0.25) is 0 Å². The summed E-state index contributed by atoms with van der Waals surface area (Å²) in [6.07, 6.45) is -3.29. The summed E-state index contributed by atoms with van der Waals surface area (Å²) >= 11 is 1.19. The Kier molecular flexibility index (Phi) is 6.82. The number of rotatable bonds is 3. The van der Waals surface area contributed by atoms with Gasteiger partial charge in [0.15, 0.2) is 5.13 Å². The average Bonchev–Trinajstić information content (AvgIpc) is 3.17. The summed E-state index contributed by atoms with van der Waals surface area (Å²) in [5.74, 6) is -2.95. The fraction of sp³-hybridized carbons (Fsp3) is 0.222. The molecule has 12 heteroatoms. The van der Waals surface area contributed by atoms with Gasteiger partial charge >= 0.3 is 12.1 Å². The molecular formula is C18H18F3N5O3S. The fourth-order valence-corrected chi connectivity index (χ4v) is 3.01. The molecule has 3 aromatic rings. The Labute approximate surface area is 173 Å². The lowest BCUT2D eigenvalue weighted by atomic mass is 10.2. The molecule has 0 aliphatic heterocycles. The summed E-state index contributed by atoms with van der Waals surface area (Å²) < 4.78 is 33.7. The third kappa shape index (κ3) is 5.56. The second-order valence-electron chi connectivity index (χ2n) is 6.06. The van der Waals surface area contributed by atoms with Crippen LogP contribution in [0.25, 0.3) is 5.69 Å². The average molecular weight is 441 g/mol. The minimum atomic E-state index is -5.08. The lowest BCUT2D eigenvalue weighted by molar-refractivity contribution is -0.192. The van der Waals surface area contributed by atoms with E-state index in [0.717, 1.165) is 22.8 Å². The van der Waals surface area contributed by atoms with Crippen molar-refractivity contribution >= 4 is 34.0 Å². The maximum absolute atomic E-state index is 12.2. The molecular weight excluding hydrogens is 423 g/mol. The van der Waals surface area contributed by atoms with Crippen LogP contribution in [0.5, 0.6) is 0 Å². The van der Waals surface area contributed by atoms with Crippen LogP contribution < -0.4 is 11.1 Å². The smallest absolute Gasteiger partial charge is 0.475 e. The first-order valence-corrected chi connectivity index (χ1v) is 9.17. The third-order valence-electron chi connectivity index (χ3n) is 3.92. The van der Waals surface area contributed by atoms with Crippen molar-refractivity contribution in [2.24, 2.45) is 0 Å². The minimum Gasteiger partial charge on any atom is -0.475 e. The van der Waals surface area contributed by atoms with E-state index < -0.39 is 12.1 Å². The number of nitrogens with one attached hydrogen (secondary N) is 1. The molecule has 2 aromatic heterocycles. The molecule has 160 valence electrons. The number of alkyl halides is 3. The van der Waals surface area contributed by atoms with E-state index in [0.29, 0.717) is 15.7 Å². The molecule has 0 atom stereocenters. The van der Waals surface area contributed by atoms with Crippen LogP contribution in [0.1, 0.15) is 26.8 Å². The van der Waals surface area contributed by atoms with Crippen LogP contribution in [0.4, 0.5) is 24.0 Å². The summed E-state index contributed by atoms with van der Waals surface area (Å²) in [5.41, 5.74) is 10.1. The molecule has 0 saturated heterocycles. The van der Waals surface area contributed by atoms with Crippen LogP contribution in [-0.4, -0.2) is 37.7 Å². The SMILES string of the molecule is Cc1nc(N)sc1C(=O)Nc1ccc(-n2cnc(C)c2C)cc1.O=C(O)C(F)(F)F. The zero-order valence-corrected chi connectivity index (χ0v) is 16.9. The quantitative estimate of drug-likeness (QED) is 0.569. The van der Waals surface area contributed by atoms with Crippen LogP contribution >= 0.6 is 11.3 Å². The van der Waals surface area contributed by atoms with Crippen molar-refractivity contribution in [1.82, 2.24) is 14.5 Å². The summed E-state index contributed by atoms with van der Waals surface area (Å²) in [6.45, 7) is 5.77. The van der Waals surface area contributed by atoms with Crippen LogP contribution in [0, 0.1) is 20.8 Å². The molecule has 0 spiro atoms. The lowest BCUT2D eigenvalue weighted by Gasteiger charge is -2.08. The van der Waals surface area contributed by atoms with E-state index in [1.165, 1.54) is 11.3 Å². The number of hydrogen-bond acceptors (Lipinski definition) is 6. The van der Waals surface area contributed by atoms with Crippen molar-refractivity contribution in [3.63, 3.8) is 0 Å². The van der Waals surface area contributed by atoms with Crippen molar-refractivity contribution in [3.8, 4) is 5.69 Å². The van der Waals surface area contributed by atoms with Crippen molar-refractivity contribution < 1.29 is 27.9 Å². The van der Waals surface area contributed by atoms with E-state index in [1.54, 1.807) is 13.3 Å². The molecule has 0 fully saturated rings. The molecule has 0 aliphatic carbocycles. The number of thiazole rings is 1. The number of imidazole rings is 1. The number of hydrogen-bond donors (Lipinski definition) is 3. The van der Waals surface area contributed by atoms with Crippen molar-refractivity contribution in [2.45, 2.75) is 26.9 Å². The normalized spacial score (nSPS) is 10.9. The number of aryl methyl sites for hydroxylation is 2. The van der Waals surface area contributed by atoms with Gasteiger partial charge < -0.3 is 20.7 Å². The molecule has 0 aliphatic rings. The van der Waals surface area contributed by atoms with E-state index >= 15 is 0 Å². The number of carboxylic acids is 1. The number of benzene rings is 1. The van der Waals surface area contributed by atoms with Gasteiger partial charge in [0.25, 0.3) is 5.91 Å². The number of halogens is 3. The number of carbonyl (C=O) groups excluding carboxylic acids is 1. The number of nitrogen functional groups attached to an aromatic ring is 1. The maximum atomic E-state index is 12.2. The molecule has 1 aromatic carbocycles. The maximum Gasteiger partial charge on any atom is 0.490 e. The summed E-state index contributed by atoms with van der Waals surface area (Å²) in [6, 6.07) is 7.61. The van der Waals surface area contributed by atoms with Gasteiger partial charge in [0, 0.05) is 17.1 Å². The topological polar surface area (TPSA) is 123 Å². The second-order valence-corrected chi connectivity index (χ2v) is 7.09. The fourth-order valence-electron chi connectivity index (χ4n) is 2.28. The predicted molar refractivity (Wildman–Crippen MR) is 106 cm³/mol. The molecule has 0 saturated carbocycles. The number of carbonyl (C=O) groups is 2. The first-order valence-electron chi connectivity index (χ1n) is 8.35. The summed E-state index contributed by atoms with van der Waals surface area (Å²) in [7, 11) is 0. The Balaban J connectivity index is 0.000000396. The van der Waals surface area contributed by atoms with Gasteiger partial charge in [0.1, 0.15) is 4.88 Å². The van der Waals surface area contributed by atoms with Gasteiger partial charge in [-0.1, -0.05) is 11.3 Å². The van der Waals surface area contributed by atoms with Crippen LogP contribution in [0.15, 0.2) is 30.6 Å². The van der Waals surface area contributed by atoms with Crippen molar-refractivity contribution in [3.05, 3.63) is 52.6 Å². The van der Waals surface area contributed by atoms with Gasteiger partial charge in [0.05, 0.1) is 17.7 Å². The first-order chi connectivity index (χ1) is 13.9. The highest BCUT2D eigenvalue weighted by atomic mass is 32.1. The monoisotopic (exact) mass is 441 g/mol. The van der Waals surface area contributed by atoms with Crippen LogP contribution in [0.3, 0.4) is 0 Å². The number of nitrogens with two attached hydrogens (primary N) is 1. The third-order valence-corrected chi connectivity index (χ3v) is 4.90. The summed E-state index contributed by atoms with van der Waals surface area (Å²) in [4.78, 5) is 30.0. The largest absolute Gasteiger partial charge is 0.490 e. The van der Waals surface area contributed by atoms with E-state index in [-0.39, 0.29) is 5.91 Å². The summed E-state index contributed by atoms with van der Waals surface area (Å²) in [5, 5.41) is 10.4. The predicted octanol–water partition coefficient (Wildman–Crippen LogP) is 3.72. The van der Waals surface area contributed by atoms with Gasteiger partial charge in [-0.15, -0.1) is 0 Å². The highest BCUT2D eigenvalue weighted by Crippen LogP contribution is 2.22. The zero-order chi connectivity index (χ0) is 22.6. The highest BCUT2D eigenvalue weighted by molar-refractivity contribution is 7.17. The molecule has 3 rings (SSSR count). The van der Waals surface area contributed by atoms with E-state index in [2.05, 4.69) is 15.3 Å². The number of aromatic nitrogens is 3. The number of anilines is 2. The van der Waals surface area contributed by atoms with Crippen LogP contribution in [-0.2, 0) is 4.79 Å². The van der Waals surface area contributed by atoms with Crippen LogP contribution in [0.2, 0.25) is 0 Å². The highest BCUT2D eigenvalue weighted by Gasteiger charge is 2.38. The zero-order valence-electron chi connectivity index (χ0n) is 16.1. The molecule has 8 nitrogen and oxygen atoms in total. The van der Waals surface area contributed by atoms with Gasteiger partial charge in [-0.3, -0.25) is 4.79 Å². The van der Waals surface area contributed by atoms with Crippen molar-refractivity contribution in [2.75, 3.05) is 11.1 Å². The molecule has 30 heavy (non-hydrogen) atoms. The number of nitrogens with zero attached hydrogens (tertiary/aromatic N) is 3. The molecule has 0 bridgehead atoms. The van der Waals surface area contributed by atoms with Gasteiger partial charge in [-0.2, -0.15) is 13.2 Å². The van der Waals surface area contributed by atoms with E-state index in [1.807, 2.05) is 42.7 Å². The number of carboxylic acid groups (broad SMARTS) is 1. The molecule has 1 amide bonds.